The van der Waals surface area contributed by atoms with Crippen molar-refractivity contribution in [2.45, 2.75) is 10.7 Å². The lowest BCUT2D eigenvalue weighted by molar-refractivity contribution is -0.139. The first-order valence-electron chi connectivity index (χ1n) is 2.80. The smallest absolute Gasteiger partial charge is 0.349 e. The number of carboxylic acid groups (broad SMARTS) is 1. The summed E-state index contributed by atoms with van der Waals surface area (Å²) in [7, 11) is 0. The van der Waals surface area contributed by atoms with Crippen LogP contribution in [0.5, 0.6) is 0 Å². The van der Waals surface area contributed by atoms with Crippen molar-refractivity contribution in [3.8, 4) is 0 Å². The number of hydrogen-bond donors (Lipinski definition) is 2. The molecule has 1 rings (SSSR count). The van der Waals surface area contributed by atoms with Crippen LogP contribution in [-0.4, -0.2) is 31.5 Å². The lowest BCUT2D eigenvalue weighted by Gasteiger charge is -2.00. The van der Waals surface area contributed by atoms with Crippen molar-refractivity contribution in [1.82, 2.24) is 14.9 Å². The standard InChI is InChI=1S/C4H5FN4O2S/c5-2(3(10)11)12-4-8-7-1-9(4)6/h1-2H,6H2,(H,10,11). The quantitative estimate of drug-likeness (QED) is 0.493. The van der Waals surface area contributed by atoms with E-state index in [1.165, 1.54) is 0 Å². The third kappa shape index (κ3) is 1.84. The number of nitrogens with zero attached hydrogens (tertiary/aromatic N) is 3. The molecule has 1 unspecified atom stereocenters. The van der Waals surface area contributed by atoms with Crippen molar-refractivity contribution in [2.24, 2.45) is 0 Å². The van der Waals surface area contributed by atoms with Gasteiger partial charge in [-0.1, -0.05) is 0 Å². The average molecular weight is 192 g/mol. The molecule has 0 bridgehead atoms. The number of nitrogens with two attached hydrogens (primary N) is 1. The van der Waals surface area contributed by atoms with E-state index < -0.39 is 11.5 Å². The van der Waals surface area contributed by atoms with Crippen LogP contribution in [0.4, 0.5) is 4.39 Å². The van der Waals surface area contributed by atoms with Gasteiger partial charge in [0.25, 0.3) is 0 Å². The van der Waals surface area contributed by atoms with Crippen molar-refractivity contribution in [1.29, 1.82) is 0 Å². The van der Waals surface area contributed by atoms with Gasteiger partial charge in [-0.15, -0.1) is 10.2 Å². The molecule has 0 aliphatic rings. The fraction of sp³-hybridized carbons (Fsp3) is 0.250. The topological polar surface area (TPSA) is 94.0 Å². The number of thioether (sulfide) groups is 1. The first-order chi connectivity index (χ1) is 5.61. The predicted molar refractivity (Wildman–Crippen MR) is 38.6 cm³/mol. The van der Waals surface area contributed by atoms with Gasteiger partial charge in [-0.3, -0.25) is 0 Å². The van der Waals surface area contributed by atoms with E-state index in [1.807, 2.05) is 0 Å². The van der Waals surface area contributed by atoms with Crippen molar-refractivity contribution in [3.63, 3.8) is 0 Å². The van der Waals surface area contributed by atoms with Crippen molar-refractivity contribution < 1.29 is 14.3 Å². The van der Waals surface area contributed by atoms with Crippen LogP contribution in [0.25, 0.3) is 0 Å². The zero-order chi connectivity index (χ0) is 9.14. The number of alkyl halides is 1. The first-order valence-corrected chi connectivity index (χ1v) is 3.68. The monoisotopic (exact) mass is 192 g/mol. The van der Waals surface area contributed by atoms with Crippen LogP contribution in [0.3, 0.4) is 0 Å². The minimum Gasteiger partial charge on any atom is -0.478 e. The third-order valence-corrected chi connectivity index (χ3v) is 1.86. The van der Waals surface area contributed by atoms with Gasteiger partial charge in [0.1, 0.15) is 6.33 Å². The van der Waals surface area contributed by atoms with E-state index in [1.54, 1.807) is 0 Å². The second kappa shape index (κ2) is 3.39. The Hall–Kier alpha value is -1.31. The van der Waals surface area contributed by atoms with Crippen LogP contribution in [-0.2, 0) is 4.79 Å². The summed E-state index contributed by atoms with van der Waals surface area (Å²) in [5.74, 6) is 3.63. The molecule has 1 aromatic rings. The molecule has 6 nitrogen and oxygen atoms in total. The van der Waals surface area contributed by atoms with Crippen LogP contribution in [0.1, 0.15) is 0 Å². The molecular formula is C4H5FN4O2S. The summed E-state index contributed by atoms with van der Waals surface area (Å²) in [6.45, 7) is 0. The highest BCUT2D eigenvalue weighted by molar-refractivity contribution is 8.00. The normalized spacial score (nSPS) is 12.8. The predicted octanol–water partition coefficient (Wildman–Crippen LogP) is -0.536. The number of carboxylic acids is 1. The third-order valence-electron chi connectivity index (χ3n) is 0.943. The Morgan fingerprint density at radius 2 is 2.58 bits per heavy atom. The maximum atomic E-state index is 12.5. The number of carbonyl (C=O) groups is 1. The number of rotatable bonds is 3. The molecule has 0 aliphatic heterocycles. The van der Waals surface area contributed by atoms with Crippen LogP contribution in [0, 0.1) is 0 Å². The highest BCUT2D eigenvalue weighted by Crippen LogP contribution is 2.20. The molecule has 0 amide bonds. The highest BCUT2D eigenvalue weighted by atomic mass is 32.2. The number of hydrogen-bond acceptors (Lipinski definition) is 5. The maximum absolute atomic E-state index is 12.5. The summed E-state index contributed by atoms with van der Waals surface area (Å²) in [6, 6.07) is 0. The molecule has 1 aromatic heterocycles. The molecule has 66 valence electrons. The Labute approximate surface area is 70.5 Å². The summed E-state index contributed by atoms with van der Waals surface area (Å²) in [5.41, 5.74) is -2.07. The van der Waals surface area contributed by atoms with Gasteiger partial charge in [0, 0.05) is 0 Å². The molecular weight excluding hydrogens is 187 g/mol. The van der Waals surface area contributed by atoms with E-state index in [0.29, 0.717) is 11.8 Å². The van der Waals surface area contributed by atoms with Crippen LogP contribution >= 0.6 is 11.8 Å². The molecule has 0 fully saturated rings. The molecule has 0 saturated heterocycles. The number of nitrogen functional groups attached to an aromatic ring is 1. The molecule has 1 atom stereocenters. The van der Waals surface area contributed by atoms with Gasteiger partial charge >= 0.3 is 5.97 Å². The number of aromatic nitrogens is 3. The van der Waals surface area contributed by atoms with Gasteiger partial charge in [-0.2, -0.15) is 0 Å². The Balaban J connectivity index is 2.64. The highest BCUT2D eigenvalue weighted by Gasteiger charge is 2.19. The Bertz CT molecular complexity index is 290. The maximum Gasteiger partial charge on any atom is 0.349 e. The molecule has 0 aliphatic carbocycles. The van der Waals surface area contributed by atoms with E-state index in [2.05, 4.69) is 10.2 Å². The molecule has 3 N–H and O–H groups in total. The van der Waals surface area contributed by atoms with Crippen molar-refractivity contribution >= 4 is 17.7 Å². The SMILES string of the molecule is Nn1cnnc1SC(F)C(=O)O. The Morgan fingerprint density at radius 1 is 1.92 bits per heavy atom. The zero-order valence-corrected chi connectivity index (χ0v) is 6.53. The lowest BCUT2D eigenvalue weighted by Crippen LogP contribution is -2.14. The summed E-state index contributed by atoms with van der Waals surface area (Å²) >= 11 is 0.383. The summed E-state index contributed by atoms with van der Waals surface area (Å²) in [4.78, 5) is 10.0. The van der Waals surface area contributed by atoms with Gasteiger partial charge in [-0.25, -0.2) is 13.9 Å². The molecule has 0 saturated carbocycles. The van der Waals surface area contributed by atoms with Gasteiger partial charge < -0.3 is 10.9 Å². The molecule has 0 spiro atoms. The minimum atomic E-state index is -2.07. The second-order valence-electron chi connectivity index (χ2n) is 1.79. The fourth-order valence-corrected chi connectivity index (χ4v) is 1.01. The second-order valence-corrected chi connectivity index (χ2v) is 2.81. The number of halogens is 1. The number of aliphatic carboxylic acids is 1. The van der Waals surface area contributed by atoms with Gasteiger partial charge in [0.05, 0.1) is 0 Å². The van der Waals surface area contributed by atoms with E-state index in [9.17, 15) is 9.18 Å². The van der Waals surface area contributed by atoms with E-state index >= 15 is 0 Å². The largest absolute Gasteiger partial charge is 0.478 e. The van der Waals surface area contributed by atoms with E-state index in [-0.39, 0.29) is 5.16 Å². The fourth-order valence-electron chi connectivity index (χ4n) is 0.459. The van der Waals surface area contributed by atoms with Crippen molar-refractivity contribution in [3.05, 3.63) is 6.33 Å². The molecule has 1 heterocycles. The summed E-state index contributed by atoms with van der Waals surface area (Å²) in [5, 5.41) is 14.9. The van der Waals surface area contributed by atoms with Crippen LogP contribution in [0.15, 0.2) is 11.5 Å². The van der Waals surface area contributed by atoms with E-state index in [4.69, 9.17) is 10.9 Å². The zero-order valence-electron chi connectivity index (χ0n) is 5.72. The van der Waals surface area contributed by atoms with Gasteiger partial charge in [0.15, 0.2) is 0 Å². The van der Waals surface area contributed by atoms with E-state index in [0.717, 1.165) is 11.0 Å². The van der Waals surface area contributed by atoms with Crippen molar-refractivity contribution in [2.75, 3.05) is 5.84 Å². The molecule has 0 radical (unpaired) electrons. The first kappa shape index (κ1) is 8.78. The Morgan fingerprint density at radius 3 is 3.00 bits per heavy atom. The molecule has 12 heavy (non-hydrogen) atoms. The minimum absolute atomic E-state index is 0.0184. The molecule has 8 heteroatoms. The lowest BCUT2D eigenvalue weighted by atomic mass is 10.8. The van der Waals surface area contributed by atoms with Crippen LogP contribution < -0.4 is 5.84 Å². The van der Waals surface area contributed by atoms with Gasteiger partial charge in [-0.05, 0) is 11.8 Å². The van der Waals surface area contributed by atoms with Crippen LogP contribution in [0.2, 0.25) is 0 Å². The molecule has 0 aromatic carbocycles. The summed E-state index contributed by atoms with van der Waals surface area (Å²) < 4.78 is 13.4. The average Bonchev–Trinajstić information content (AvgIpc) is 2.36. The summed E-state index contributed by atoms with van der Waals surface area (Å²) in [6.07, 6.45) is 1.15. The van der Waals surface area contributed by atoms with Gasteiger partial charge in [0.2, 0.25) is 10.7 Å². The Kier molecular flexibility index (Phi) is 2.48.